The van der Waals surface area contributed by atoms with Crippen molar-refractivity contribution in [2.45, 2.75) is 37.0 Å². The van der Waals surface area contributed by atoms with Crippen LogP contribution in [0.3, 0.4) is 0 Å². The van der Waals surface area contributed by atoms with Gasteiger partial charge in [0.2, 0.25) is 0 Å². The van der Waals surface area contributed by atoms with Gasteiger partial charge in [0, 0.05) is 18.4 Å². The van der Waals surface area contributed by atoms with Gasteiger partial charge in [0.25, 0.3) is 5.56 Å². The molecule has 21 heavy (non-hydrogen) atoms. The average Bonchev–Trinajstić information content (AvgIpc) is 2.97. The van der Waals surface area contributed by atoms with Crippen LogP contribution in [0, 0.1) is 0 Å². The second-order valence-electron chi connectivity index (χ2n) is 5.34. The molecule has 0 aliphatic heterocycles. The van der Waals surface area contributed by atoms with Crippen molar-refractivity contribution in [1.82, 2.24) is 9.78 Å². The quantitative estimate of drug-likeness (QED) is 0.793. The summed E-state index contributed by atoms with van der Waals surface area (Å²) in [6, 6.07) is 0. The number of rotatable bonds is 7. The van der Waals surface area contributed by atoms with Crippen molar-refractivity contribution in [3.8, 4) is 0 Å². The molecule has 2 rings (SSSR count). The van der Waals surface area contributed by atoms with Crippen LogP contribution < -0.4 is 10.9 Å². The van der Waals surface area contributed by atoms with Crippen LogP contribution in [0.25, 0.3) is 0 Å². The van der Waals surface area contributed by atoms with Gasteiger partial charge in [-0.2, -0.15) is 16.9 Å². The number of anilines is 1. The number of hydrogen-bond donors (Lipinski definition) is 1. The second kappa shape index (κ2) is 7.65. The van der Waals surface area contributed by atoms with E-state index < -0.39 is 0 Å². The number of nitrogens with one attached hydrogen (secondary N) is 1. The zero-order valence-corrected chi connectivity index (χ0v) is 14.9. The van der Waals surface area contributed by atoms with Crippen molar-refractivity contribution in [3.63, 3.8) is 0 Å². The zero-order chi connectivity index (χ0) is 15.3. The Hall–Kier alpha value is -0.530. The largest absolute Gasteiger partial charge is 0.383 e. The summed E-state index contributed by atoms with van der Waals surface area (Å²) in [5.74, 6) is 0. The Morgan fingerprint density at radius 2 is 2.24 bits per heavy atom. The van der Waals surface area contributed by atoms with Crippen molar-refractivity contribution in [2.75, 3.05) is 31.8 Å². The van der Waals surface area contributed by atoms with E-state index in [0.29, 0.717) is 22.4 Å². The van der Waals surface area contributed by atoms with Crippen LogP contribution in [0.2, 0.25) is 0 Å². The highest BCUT2D eigenvalue weighted by Gasteiger charge is 2.32. The summed E-state index contributed by atoms with van der Waals surface area (Å²) in [6.07, 6.45) is 8.93. The summed E-state index contributed by atoms with van der Waals surface area (Å²) in [5.41, 5.74) is 0.649. The normalized spacial score (nSPS) is 17.1. The fourth-order valence-electron chi connectivity index (χ4n) is 2.65. The summed E-state index contributed by atoms with van der Waals surface area (Å²) in [7, 11) is 1.61. The topological polar surface area (TPSA) is 56.1 Å². The summed E-state index contributed by atoms with van der Waals surface area (Å²) < 4.78 is 7.24. The Morgan fingerprint density at radius 1 is 1.52 bits per heavy atom. The Balaban J connectivity index is 2.07. The molecular weight excluding hydrogens is 354 g/mol. The molecule has 0 radical (unpaired) electrons. The molecule has 0 atom stereocenters. The van der Waals surface area contributed by atoms with E-state index in [2.05, 4.69) is 32.6 Å². The zero-order valence-electron chi connectivity index (χ0n) is 12.5. The SMILES string of the molecule is COCCn1ncc(NCC2(SC)CCCC2)c(Br)c1=O. The van der Waals surface area contributed by atoms with E-state index in [-0.39, 0.29) is 5.56 Å². The molecule has 1 aliphatic carbocycles. The highest BCUT2D eigenvalue weighted by Crippen LogP contribution is 2.40. The standard InChI is InChI=1S/C14H22BrN3O2S/c1-20-8-7-18-13(19)12(15)11(9-17-18)16-10-14(21-2)5-3-4-6-14/h9,16H,3-8,10H2,1-2H3. The van der Waals surface area contributed by atoms with Crippen molar-refractivity contribution in [3.05, 3.63) is 21.0 Å². The van der Waals surface area contributed by atoms with Gasteiger partial charge in [0.15, 0.2) is 0 Å². The molecule has 1 heterocycles. The molecule has 1 aliphatic rings. The molecule has 0 amide bonds. The van der Waals surface area contributed by atoms with Crippen LogP contribution in [0.1, 0.15) is 25.7 Å². The van der Waals surface area contributed by atoms with Crippen molar-refractivity contribution in [2.24, 2.45) is 0 Å². The lowest BCUT2D eigenvalue weighted by molar-refractivity contribution is 0.181. The van der Waals surface area contributed by atoms with Crippen LogP contribution in [0.5, 0.6) is 0 Å². The number of methoxy groups -OCH3 is 1. The lowest BCUT2D eigenvalue weighted by atomic mass is 10.1. The van der Waals surface area contributed by atoms with E-state index in [1.807, 2.05) is 11.8 Å². The van der Waals surface area contributed by atoms with Gasteiger partial charge < -0.3 is 10.1 Å². The number of hydrogen-bond acceptors (Lipinski definition) is 5. The fraction of sp³-hybridized carbons (Fsp3) is 0.714. The van der Waals surface area contributed by atoms with Crippen molar-refractivity contribution >= 4 is 33.4 Å². The van der Waals surface area contributed by atoms with E-state index in [1.54, 1.807) is 13.3 Å². The first-order chi connectivity index (χ1) is 10.1. The van der Waals surface area contributed by atoms with Crippen LogP contribution in [-0.4, -0.2) is 41.0 Å². The predicted octanol–water partition coefficient (Wildman–Crippen LogP) is 2.74. The minimum absolute atomic E-state index is 0.123. The molecule has 0 bridgehead atoms. The van der Waals surface area contributed by atoms with Crippen LogP contribution >= 0.6 is 27.7 Å². The minimum atomic E-state index is -0.123. The van der Waals surface area contributed by atoms with E-state index in [4.69, 9.17) is 4.74 Å². The summed E-state index contributed by atoms with van der Waals surface area (Å²) >= 11 is 5.31. The molecule has 0 saturated heterocycles. The molecule has 7 heteroatoms. The van der Waals surface area contributed by atoms with E-state index >= 15 is 0 Å². The molecule has 5 nitrogen and oxygen atoms in total. The average molecular weight is 376 g/mol. The van der Waals surface area contributed by atoms with Gasteiger partial charge in [-0.1, -0.05) is 12.8 Å². The van der Waals surface area contributed by atoms with E-state index in [1.165, 1.54) is 30.4 Å². The van der Waals surface area contributed by atoms with Crippen molar-refractivity contribution in [1.29, 1.82) is 0 Å². The minimum Gasteiger partial charge on any atom is -0.383 e. The smallest absolute Gasteiger partial charge is 0.283 e. The Bertz CT molecular complexity index is 529. The molecule has 1 aromatic rings. The lowest BCUT2D eigenvalue weighted by Gasteiger charge is -2.27. The van der Waals surface area contributed by atoms with Crippen LogP contribution in [-0.2, 0) is 11.3 Å². The number of ether oxygens (including phenoxy) is 1. The first-order valence-electron chi connectivity index (χ1n) is 7.15. The summed E-state index contributed by atoms with van der Waals surface area (Å²) in [5, 5.41) is 7.59. The monoisotopic (exact) mass is 375 g/mol. The third-order valence-electron chi connectivity index (χ3n) is 4.04. The van der Waals surface area contributed by atoms with Gasteiger partial charge in [-0.3, -0.25) is 4.79 Å². The number of thioether (sulfide) groups is 1. The predicted molar refractivity (Wildman–Crippen MR) is 91.3 cm³/mol. The van der Waals surface area contributed by atoms with E-state index in [9.17, 15) is 4.79 Å². The molecule has 0 spiro atoms. The Morgan fingerprint density at radius 3 is 2.86 bits per heavy atom. The highest BCUT2D eigenvalue weighted by atomic mass is 79.9. The van der Waals surface area contributed by atoms with Gasteiger partial charge in [-0.15, -0.1) is 0 Å². The molecule has 0 unspecified atom stereocenters. The number of aromatic nitrogens is 2. The van der Waals surface area contributed by atoms with Crippen LogP contribution in [0.4, 0.5) is 5.69 Å². The third kappa shape index (κ3) is 4.02. The van der Waals surface area contributed by atoms with Gasteiger partial charge in [0.1, 0.15) is 4.47 Å². The first-order valence-corrected chi connectivity index (χ1v) is 9.17. The molecule has 1 N–H and O–H groups in total. The lowest BCUT2D eigenvalue weighted by Crippen LogP contribution is -2.32. The van der Waals surface area contributed by atoms with E-state index in [0.717, 1.165) is 12.2 Å². The molecule has 118 valence electrons. The fourth-order valence-corrected chi connectivity index (χ4v) is 4.01. The van der Waals surface area contributed by atoms with Gasteiger partial charge in [-0.05, 0) is 35.0 Å². The maximum atomic E-state index is 12.2. The summed E-state index contributed by atoms with van der Waals surface area (Å²) in [4.78, 5) is 12.2. The third-order valence-corrected chi connectivity index (χ3v) is 6.23. The first kappa shape index (κ1) is 16.8. The van der Waals surface area contributed by atoms with Crippen molar-refractivity contribution < 1.29 is 4.74 Å². The number of nitrogens with zero attached hydrogens (tertiary/aromatic N) is 2. The summed E-state index contributed by atoms with van der Waals surface area (Å²) in [6.45, 7) is 1.81. The molecule has 1 aromatic heterocycles. The second-order valence-corrected chi connectivity index (χ2v) is 7.41. The Labute approximate surface area is 138 Å². The molecular formula is C14H22BrN3O2S. The maximum Gasteiger partial charge on any atom is 0.283 e. The van der Waals surface area contributed by atoms with Gasteiger partial charge in [-0.25, -0.2) is 4.68 Å². The molecule has 0 aromatic carbocycles. The van der Waals surface area contributed by atoms with Gasteiger partial charge in [0.05, 0.1) is 25.0 Å². The number of halogens is 1. The van der Waals surface area contributed by atoms with Crippen LogP contribution in [0.15, 0.2) is 15.5 Å². The molecule has 1 fully saturated rings. The highest BCUT2D eigenvalue weighted by molar-refractivity contribution is 9.10. The van der Waals surface area contributed by atoms with Gasteiger partial charge >= 0.3 is 0 Å². The maximum absolute atomic E-state index is 12.2. The Kier molecular flexibility index (Phi) is 6.13. The molecule has 1 saturated carbocycles.